The van der Waals surface area contributed by atoms with Gasteiger partial charge in [-0.15, -0.1) is 12.4 Å². The van der Waals surface area contributed by atoms with Crippen molar-refractivity contribution in [1.29, 1.82) is 0 Å². The van der Waals surface area contributed by atoms with Crippen LogP contribution < -0.4 is 5.32 Å². The predicted molar refractivity (Wildman–Crippen MR) is 111 cm³/mol. The Kier molecular flexibility index (Phi) is 6.69. The molecule has 1 atom stereocenters. The Labute approximate surface area is 174 Å². The van der Waals surface area contributed by atoms with Crippen LogP contribution in [0.2, 0.25) is 0 Å². The summed E-state index contributed by atoms with van der Waals surface area (Å²) in [7, 11) is -3.47. The first-order chi connectivity index (χ1) is 13.0. The summed E-state index contributed by atoms with van der Waals surface area (Å²) in [6.45, 7) is 5.33. The zero-order valence-electron chi connectivity index (χ0n) is 16.4. The number of amides is 1. The van der Waals surface area contributed by atoms with Gasteiger partial charge >= 0.3 is 0 Å². The van der Waals surface area contributed by atoms with E-state index >= 15 is 0 Å². The summed E-state index contributed by atoms with van der Waals surface area (Å²) < 4.78 is 27.6. The molecule has 1 N–H and O–H groups in total. The number of aryl methyl sites for hydroxylation is 2. The van der Waals surface area contributed by atoms with Gasteiger partial charge in [0, 0.05) is 44.7 Å². The van der Waals surface area contributed by atoms with Crippen LogP contribution in [-0.4, -0.2) is 62.3 Å². The number of carbonyl (C=O) groups excluding carboxylic acids is 1. The van der Waals surface area contributed by atoms with E-state index in [1.807, 2.05) is 17.0 Å². The van der Waals surface area contributed by atoms with Crippen molar-refractivity contribution < 1.29 is 13.2 Å². The van der Waals surface area contributed by atoms with E-state index in [4.69, 9.17) is 0 Å². The topological polar surface area (TPSA) is 69.7 Å². The van der Waals surface area contributed by atoms with Crippen molar-refractivity contribution in [2.24, 2.45) is 5.92 Å². The van der Waals surface area contributed by atoms with Gasteiger partial charge in [0.25, 0.3) is 0 Å². The number of nitrogens with zero attached hydrogens (tertiary/aromatic N) is 2. The van der Waals surface area contributed by atoms with Crippen molar-refractivity contribution in [3.63, 3.8) is 0 Å². The first-order valence-corrected chi connectivity index (χ1v) is 11.5. The van der Waals surface area contributed by atoms with Crippen molar-refractivity contribution in [2.75, 3.05) is 32.7 Å². The molecule has 1 aromatic carbocycles. The Morgan fingerprint density at radius 1 is 1.11 bits per heavy atom. The van der Waals surface area contributed by atoms with E-state index in [-0.39, 0.29) is 30.3 Å². The van der Waals surface area contributed by atoms with Crippen molar-refractivity contribution >= 4 is 28.3 Å². The highest BCUT2D eigenvalue weighted by Crippen LogP contribution is 2.29. The second kappa shape index (κ2) is 8.69. The standard InChI is InChI=1S/C20H29N3O3S.ClH/c1-15-14-21-9-12-23(15)20(24)17-7-10-22(11-8-17)27(25,26)19-6-5-16-3-2-4-18(16)13-19;/h5-6,13,15,17,21H,2-4,7-12,14H2,1H3;1H/t15-;/m1./s1. The number of hydrogen-bond donors (Lipinski definition) is 1. The molecule has 8 heteroatoms. The lowest BCUT2D eigenvalue weighted by molar-refractivity contribution is -0.139. The lowest BCUT2D eigenvalue weighted by Gasteiger charge is -2.38. The quantitative estimate of drug-likeness (QED) is 0.798. The third-order valence-corrected chi connectivity index (χ3v) is 8.19. The molecule has 1 aliphatic carbocycles. The smallest absolute Gasteiger partial charge is 0.243 e. The molecular weight excluding hydrogens is 398 g/mol. The first kappa shape index (κ1) is 21.6. The predicted octanol–water partition coefficient (Wildman–Crippen LogP) is 1.82. The van der Waals surface area contributed by atoms with Crippen LogP contribution >= 0.6 is 12.4 Å². The molecule has 3 aliphatic rings. The average Bonchev–Trinajstić information content (AvgIpc) is 3.16. The molecule has 1 aromatic rings. The maximum atomic E-state index is 13.0. The van der Waals surface area contributed by atoms with Gasteiger partial charge in [-0.3, -0.25) is 4.79 Å². The van der Waals surface area contributed by atoms with Gasteiger partial charge in [0.1, 0.15) is 0 Å². The van der Waals surface area contributed by atoms with Crippen LogP contribution in [0.3, 0.4) is 0 Å². The van der Waals surface area contributed by atoms with Crippen LogP contribution in [0, 0.1) is 5.92 Å². The van der Waals surface area contributed by atoms with Gasteiger partial charge in [0.15, 0.2) is 0 Å². The Bertz CT molecular complexity index is 822. The fraction of sp³-hybridized carbons (Fsp3) is 0.650. The molecular formula is C20H30ClN3O3S. The molecule has 0 saturated carbocycles. The maximum absolute atomic E-state index is 13.0. The number of carbonyl (C=O) groups is 1. The van der Waals surface area contributed by atoms with Crippen molar-refractivity contribution in [2.45, 2.75) is 50.0 Å². The van der Waals surface area contributed by atoms with Crippen LogP contribution in [0.1, 0.15) is 37.3 Å². The van der Waals surface area contributed by atoms with Gasteiger partial charge in [-0.1, -0.05) is 6.07 Å². The molecule has 0 bridgehead atoms. The summed E-state index contributed by atoms with van der Waals surface area (Å²) in [5.74, 6) is 0.135. The lowest BCUT2D eigenvalue weighted by Crippen LogP contribution is -2.55. The molecule has 6 nitrogen and oxygen atoms in total. The van der Waals surface area contributed by atoms with Crippen LogP contribution in [-0.2, 0) is 27.7 Å². The molecule has 2 heterocycles. The minimum absolute atomic E-state index is 0. The zero-order chi connectivity index (χ0) is 19.0. The Morgan fingerprint density at radius 2 is 1.82 bits per heavy atom. The van der Waals surface area contributed by atoms with Gasteiger partial charge in [0.05, 0.1) is 4.90 Å². The van der Waals surface area contributed by atoms with Gasteiger partial charge < -0.3 is 10.2 Å². The zero-order valence-corrected chi connectivity index (χ0v) is 18.0. The van der Waals surface area contributed by atoms with Crippen LogP contribution in [0.4, 0.5) is 0 Å². The minimum atomic E-state index is -3.47. The lowest BCUT2D eigenvalue weighted by atomic mass is 9.95. The number of piperidine rings is 1. The van der Waals surface area contributed by atoms with Crippen LogP contribution in [0.5, 0.6) is 0 Å². The van der Waals surface area contributed by atoms with Crippen LogP contribution in [0.15, 0.2) is 23.1 Å². The van der Waals surface area contributed by atoms with E-state index in [0.717, 1.165) is 38.9 Å². The summed E-state index contributed by atoms with van der Waals surface area (Å²) in [5.41, 5.74) is 2.46. The van der Waals surface area contributed by atoms with Crippen molar-refractivity contribution in [3.05, 3.63) is 29.3 Å². The highest BCUT2D eigenvalue weighted by molar-refractivity contribution is 7.89. The van der Waals surface area contributed by atoms with Gasteiger partial charge in [-0.2, -0.15) is 4.31 Å². The van der Waals surface area contributed by atoms with Crippen molar-refractivity contribution in [1.82, 2.24) is 14.5 Å². The molecule has 0 radical (unpaired) electrons. The highest BCUT2D eigenvalue weighted by atomic mass is 35.5. The normalized spacial score (nSPS) is 23.9. The number of halogens is 1. The molecule has 2 saturated heterocycles. The largest absolute Gasteiger partial charge is 0.337 e. The number of rotatable bonds is 3. The van der Waals surface area contributed by atoms with Crippen LogP contribution in [0.25, 0.3) is 0 Å². The summed E-state index contributed by atoms with van der Waals surface area (Å²) in [6.07, 6.45) is 4.35. The Hall–Kier alpha value is -1.15. The number of piperazine rings is 1. The van der Waals surface area contributed by atoms with E-state index in [2.05, 4.69) is 12.2 Å². The summed E-state index contributed by atoms with van der Waals surface area (Å²) in [4.78, 5) is 15.2. The summed E-state index contributed by atoms with van der Waals surface area (Å²) >= 11 is 0. The molecule has 2 fully saturated rings. The van der Waals surface area contributed by atoms with E-state index in [9.17, 15) is 13.2 Å². The average molecular weight is 428 g/mol. The number of sulfonamides is 1. The van der Waals surface area contributed by atoms with E-state index in [1.54, 1.807) is 10.4 Å². The number of fused-ring (bicyclic) bond motifs is 1. The monoisotopic (exact) mass is 427 g/mol. The summed E-state index contributed by atoms with van der Waals surface area (Å²) in [6, 6.07) is 5.78. The second-order valence-electron chi connectivity index (χ2n) is 8.05. The second-order valence-corrected chi connectivity index (χ2v) is 9.99. The third kappa shape index (κ3) is 4.08. The van der Waals surface area contributed by atoms with Crippen molar-refractivity contribution in [3.8, 4) is 0 Å². The maximum Gasteiger partial charge on any atom is 0.243 e. The Balaban J connectivity index is 0.00000225. The molecule has 156 valence electrons. The highest BCUT2D eigenvalue weighted by Gasteiger charge is 2.35. The molecule has 2 aliphatic heterocycles. The van der Waals surface area contributed by atoms with E-state index < -0.39 is 10.0 Å². The molecule has 0 unspecified atom stereocenters. The minimum Gasteiger partial charge on any atom is -0.337 e. The molecule has 1 amide bonds. The number of nitrogens with one attached hydrogen (secondary N) is 1. The number of hydrogen-bond acceptors (Lipinski definition) is 4. The molecule has 0 spiro atoms. The summed E-state index contributed by atoms with van der Waals surface area (Å²) in [5, 5.41) is 3.30. The number of benzene rings is 1. The van der Waals surface area contributed by atoms with Gasteiger partial charge in [-0.25, -0.2) is 8.42 Å². The SMILES string of the molecule is C[C@@H]1CNCCN1C(=O)C1CCN(S(=O)(=O)c2ccc3c(c2)CCC3)CC1.Cl. The fourth-order valence-electron chi connectivity index (χ4n) is 4.60. The van der Waals surface area contributed by atoms with Gasteiger partial charge in [0.2, 0.25) is 15.9 Å². The van der Waals surface area contributed by atoms with E-state index in [0.29, 0.717) is 30.8 Å². The van der Waals surface area contributed by atoms with E-state index in [1.165, 1.54) is 11.1 Å². The first-order valence-electron chi connectivity index (χ1n) is 10.1. The molecule has 0 aromatic heterocycles. The fourth-order valence-corrected chi connectivity index (χ4v) is 6.12. The molecule has 28 heavy (non-hydrogen) atoms. The Morgan fingerprint density at radius 3 is 2.54 bits per heavy atom. The molecule has 4 rings (SSSR count). The third-order valence-electron chi connectivity index (χ3n) is 6.30. The van der Waals surface area contributed by atoms with Gasteiger partial charge in [-0.05, 0) is 62.3 Å².